The summed E-state index contributed by atoms with van der Waals surface area (Å²) >= 11 is 0. The summed E-state index contributed by atoms with van der Waals surface area (Å²) in [4.78, 5) is 24.8. The van der Waals surface area contributed by atoms with Crippen molar-refractivity contribution >= 4 is 11.9 Å². The predicted octanol–water partition coefficient (Wildman–Crippen LogP) is 4.63. The highest BCUT2D eigenvalue weighted by atomic mass is 16.6. The molecule has 0 aliphatic rings. The highest BCUT2D eigenvalue weighted by Crippen LogP contribution is 2.24. The zero-order chi connectivity index (χ0) is 18.9. The molecule has 1 atom stereocenters. The molecule has 1 unspecified atom stereocenters. The van der Waals surface area contributed by atoms with Gasteiger partial charge in [0, 0.05) is 0 Å². The fourth-order valence-corrected chi connectivity index (χ4v) is 2.15. The maximum absolute atomic E-state index is 12.4. The molecule has 0 saturated heterocycles. The fourth-order valence-electron chi connectivity index (χ4n) is 2.15. The van der Waals surface area contributed by atoms with Crippen molar-refractivity contribution in [3.05, 3.63) is 11.6 Å². The minimum absolute atomic E-state index is 0.0376. The van der Waals surface area contributed by atoms with Crippen LogP contribution in [-0.4, -0.2) is 25.2 Å². The first-order chi connectivity index (χ1) is 11.0. The van der Waals surface area contributed by atoms with Gasteiger partial charge in [0.05, 0.1) is 13.2 Å². The normalized spacial score (nSPS) is 12.7. The lowest BCUT2D eigenvalue weighted by atomic mass is 9.86. The van der Waals surface area contributed by atoms with E-state index in [4.69, 9.17) is 9.47 Å². The highest BCUT2D eigenvalue weighted by Gasteiger charge is 2.25. The summed E-state index contributed by atoms with van der Waals surface area (Å²) in [5, 5.41) is 0. The Morgan fingerprint density at radius 2 is 1.17 bits per heavy atom. The van der Waals surface area contributed by atoms with Crippen molar-refractivity contribution in [3.63, 3.8) is 0 Å². The largest absolute Gasteiger partial charge is 0.462 e. The van der Waals surface area contributed by atoms with E-state index in [9.17, 15) is 9.59 Å². The van der Waals surface area contributed by atoms with Gasteiger partial charge in [0.25, 0.3) is 0 Å². The van der Waals surface area contributed by atoms with Crippen molar-refractivity contribution in [2.24, 2.45) is 29.6 Å². The summed E-state index contributed by atoms with van der Waals surface area (Å²) in [6, 6.07) is 0. The Morgan fingerprint density at radius 3 is 1.46 bits per heavy atom. The molecular formula is C20H36O4. The van der Waals surface area contributed by atoms with Crippen LogP contribution < -0.4 is 0 Å². The minimum atomic E-state index is -0.577. The molecule has 0 heterocycles. The summed E-state index contributed by atoms with van der Waals surface area (Å²) in [7, 11) is 0. The minimum Gasteiger partial charge on any atom is -0.462 e. The van der Waals surface area contributed by atoms with Crippen LogP contribution in [0.15, 0.2) is 11.6 Å². The first-order valence-electron chi connectivity index (χ1n) is 9.10. The Balaban J connectivity index is 5.36. The topological polar surface area (TPSA) is 52.6 Å². The molecule has 0 aromatic carbocycles. The van der Waals surface area contributed by atoms with E-state index in [1.807, 2.05) is 27.7 Å². The average Bonchev–Trinajstić information content (AvgIpc) is 2.45. The third-order valence-corrected chi connectivity index (χ3v) is 3.52. The fraction of sp³-hybridized carbons (Fsp3) is 0.800. The van der Waals surface area contributed by atoms with Gasteiger partial charge in [-0.15, -0.1) is 0 Å². The molecule has 0 radical (unpaired) electrons. The Morgan fingerprint density at radius 1 is 0.750 bits per heavy atom. The molecule has 0 aromatic rings. The Bertz CT molecular complexity index is 393. The molecule has 0 rings (SSSR count). The lowest BCUT2D eigenvalue weighted by molar-refractivity contribution is -0.148. The van der Waals surface area contributed by atoms with Gasteiger partial charge in [0.2, 0.25) is 0 Å². The third-order valence-electron chi connectivity index (χ3n) is 3.52. The van der Waals surface area contributed by atoms with E-state index in [1.54, 1.807) is 6.08 Å². The van der Waals surface area contributed by atoms with E-state index in [0.29, 0.717) is 25.0 Å². The molecule has 140 valence electrons. The van der Waals surface area contributed by atoms with Crippen LogP contribution in [0.1, 0.15) is 61.8 Å². The Labute approximate surface area is 148 Å². The van der Waals surface area contributed by atoms with Gasteiger partial charge in [0.15, 0.2) is 0 Å². The SMILES string of the molecule is CC(C)COC(=O)C(=CC(CC(C)C)C(C)C)C(=O)OCC(C)C. The second kappa shape index (κ2) is 11.3. The molecule has 0 aliphatic carbocycles. The monoisotopic (exact) mass is 340 g/mol. The van der Waals surface area contributed by atoms with Crippen molar-refractivity contribution in [1.82, 2.24) is 0 Å². The first-order valence-corrected chi connectivity index (χ1v) is 9.10. The van der Waals surface area contributed by atoms with Crippen LogP contribution in [0.2, 0.25) is 0 Å². The van der Waals surface area contributed by atoms with Gasteiger partial charge in [-0.3, -0.25) is 0 Å². The van der Waals surface area contributed by atoms with Crippen LogP contribution in [0.5, 0.6) is 0 Å². The Hall–Kier alpha value is -1.32. The second-order valence-electron chi connectivity index (χ2n) is 8.10. The number of allylic oxidation sites excluding steroid dienone is 1. The van der Waals surface area contributed by atoms with Crippen LogP contribution in [0.25, 0.3) is 0 Å². The van der Waals surface area contributed by atoms with Crippen LogP contribution in [0.4, 0.5) is 0 Å². The van der Waals surface area contributed by atoms with Crippen molar-refractivity contribution in [2.75, 3.05) is 13.2 Å². The highest BCUT2D eigenvalue weighted by molar-refractivity contribution is 6.14. The van der Waals surface area contributed by atoms with E-state index in [0.717, 1.165) is 6.42 Å². The quantitative estimate of drug-likeness (QED) is 0.252. The van der Waals surface area contributed by atoms with Gasteiger partial charge >= 0.3 is 11.9 Å². The van der Waals surface area contributed by atoms with Crippen molar-refractivity contribution in [3.8, 4) is 0 Å². The van der Waals surface area contributed by atoms with Gasteiger partial charge in [-0.25, -0.2) is 9.59 Å². The molecule has 0 amide bonds. The zero-order valence-corrected chi connectivity index (χ0v) is 16.7. The summed E-state index contributed by atoms with van der Waals surface area (Å²) < 4.78 is 10.5. The van der Waals surface area contributed by atoms with E-state index < -0.39 is 11.9 Å². The molecule has 0 aliphatic heterocycles. The molecule has 0 N–H and O–H groups in total. The van der Waals surface area contributed by atoms with Crippen LogP contribution >= 0.6 is 0 Å². The molecule has 4 nitrogen and oxygen atoms in total. The number of hydrogen-bond donors (Lipinski definition) is 0. The maximum Gasteiger partial charge on any atom is 0.345 e. The van der Waals surface area contributed by atoms with Gasteiger partial charge in [-0.2, -0.15) is 0 Å². The molecule has 0 aromatic heterocycles. The van der Waals surface area contributed by atoms with Crippen LogP contribution in [-0.2, 0) is 19.1 Å². The van der Waals surface area contributed by atoms with Gasteiger partial charge in [-0.05, 0) is 36.0 Å². The van der Waals surface area contributed by atoms with Crippen molar-refractivity contribution in [1.29, 1.82) is 0 Å². The van der Waals surface area contributed by atoms with E-state index >= 15 is 0 Å². The molecule has 4 heteroatoms. The summed E-state index contributed by atoms with van der Waals surface area (Å²) in [6.07, 6.45) is 2.67. The predicted molar refractivity (Wildman–Crippen MR) is 97.5 cm³/mol. The van der Waals surface area contributed by atoms with Gasteiger partial charge < -0.3 is 9.47 Å². The molecule has 0 bridgehead atoms. The van der Waals surface area contributed by atoms with Crippen LogP contribution in [0, 0.1) is 29.6 Å². The number of hydrogen-bond acceptors (Lipinski definition) is 4. The number of rotatable bonds is 10. The van der Waals surface area contributed by atoms with Crippen molar-refractivity contribution < 1.29 is 19.1 Å². The molecule has 24 heavy (non-hydrogen) atoms. The lowest BCUT2D eigenvalue weighted by Crippen LogP contribution is -2.23. The lowest BCUT2D eigenvalue weighted by Gasteiger charge is -2.20. The summed E-state index contributed by atoms with van der Waals surface area (Å²) in [6.45, 7) is 16.9. The summed E-state index contributed by atoms with van der Waals surface area (Å²) in [5.74, 6) is 0.236. The number of carbonyl (C=O) groups is 2. The molecule has 0 fully saturated rings. The van der Waals surface area contributed by atoms with E-state index in [1.165, 1.54) is 0 Å². The second-order valence-corrected chi connectivity index (χ2v) is 8.10. The number of ether oxygens (including phenoxy) is 2. The molecule has 0 spiro atoms. The van der Waals surface area contributed by atoms with Gasteiger partial charge in [0.1, 0.15) is 5.57 Å². The molecule has 0 saturated carbocycles. The first kappa shape index (κ1) is 22.7. The summed E-state index contributed by atoms with van der Waals surface area (Å²) in [5.41, 5.74) is 0.0376. The van der Waals surface area contributed by atoms with Crippen molar-refractivity contribution in [2.45, 2.75) is 61.8 Å². The standard InChI is InChI=1S/C20H36O4/c1-13(2)9-17(16(7)8)10-18(19(21)23-11-14(3)4)20(22)24-12-15(5)6/h10,13-17H,9,11-12H2,1-8H3. The van der Waals surface area contributed by atoms with E-state index in [2.05, 4.69) is 27.7 Å². The smallest absolute Gasteiger partial charge is 0.345 e. The molecular weight excluding hydrogens is 304 g/mol. The Kier molecular flexibility index (Phi) is 10.7. The van der Waals surface area contributed by atoms with Gasteiger partial charge in [-0.1, -0.05) is 61.5 Å². The number of esters is 2. The average molecular weight is 341 g/mol. The number of carbonyl (C=O) groups excluding carboxylic acids is 2. The third kappa shape index (κ3) is 9.74. The zero-order valence-electron chi connectivity index (χ0n) is 16.7. The van der Waals surface area contributed by atoms with Crippen LogP contribution in [0.3, 0.4) is 0 Å². The maximum atomic E-state index is 12.4. The van der Waals surface area contributed by atoms with E-state index in [-0.39, 0.29) is 23.3 Å².